The molecule has 0 saturated heterocycles. The first-order valence-electron chi connectivity index (χ1n) is 6.70. The fourth-order valence-electron chi connectivity index (χ4n) is 1.83. The van der Waals surface area contributed by atoms with Gasteiger partial charge < -0.3 is 10.1 Å². The van der Waals surface area contributed by atoms with E-state index in [1.165, 1.54) is 30.6 Å². The third-order valence-corrected chi connectivity index (χ3v) is 3.70. The molecule has 0 aliphatic rings. The first kappa shape index (κ1) is 14.7. The van der Waals surface area contributed by atoms with Gasteiger partial charge in [-0.1, -0.05) is 13.0 Å². The molecule has 17 heavy (non-hydrogen) atoms. The van der Waals surface area contributed by atoms with Crippen molar-refractivity contribution >= 4 is 11.3 Å². The minimum atomic E-state index is 0.523. The van der Waals surface area contributed by atoms with E-state index < -0.39 is 0 Å². The molecule has 0 radical (unpaired) electrons. The van der Waals surface area contributed by atoms with E-state index in [2.05, 4.69) is 36.7 Å². The van der Waals surface area contributed by atoms with E-state index in [4.69, 9.17) is 4.74 Å². The number of thiophene rings is 1. The molecule has 1 aromatic rings. The fraction of sp³-hybridized carbons (Fsp3) is 0.714. The molecule has 1 N–H and O–H groups in total. The zero-order chi connectivity index (χ0) is 12.3. The summed E-state index contributed by atoms with van der Waals surface area (Å²) in [5.41, 5.74) is 0. The van der Waals surface area contributed by atoms with Gasteiger partial charge in [0.15, 0.2) is 0 Å². The van der Waals surface area contributed by atoms with Crippen LogP contribution in [0.1, 0.15) is 38.0 Å². The van der Waals surface area contributed by atoms with Crippen LogP contribution in [-0.4, -0.2) is 25.8 Å². The van der Waals surface area contributed by atoms with Crippen molar-refractivity contribution in [1.29, 1.82) is 0 Å². The van der Waals surface area contributed by atoms with E-state index in [0.717, 1.165) is 19.8 Å². The second kappa shape index (κ2) is 9.63. The molecule has 1 heterocycles. The summed E-state index contributed by atoms with van der Waals surface area (Å²) < 4.78 is 5.52. The van der Waals surface area contributed by atoms with Gasteiger partial charge in [0, 0.05) is 17.5 Å². The van der Waals surface area contributed by atoms with Crippen LogP contribution in [0.3, 0.4) is 0 Å². The Hall–Kier alpha value is -0.380. The van der Waals surface area contributed by atoms with E-state index in [1.807, 2.05) is 11.3 Å². The van der Waals surface area contributed by atoms with Crippen LogP contribution in [0.25, 0.3) is 0 Å². The monoisotopic (exact) mass is 255 g/mol. The molecule has 0 fully saturated rings. The summed E-state index contributed by atoms with van der Waals surface area (Å²) in [4.78, 5) is 1.50. The molecule has 0 saturated carbocycles. The van der Waals surface area contributed by atoms with Crippen molar-refractivity contribution in [2.75, 3.05) is 19.8 Å². The zero-order valence-electron chi connectivity index (χ0n) is 11.1. The Kier molecular flexibility index (Phi) is 8.32. The number of nitrogens with one attached hydrogen (secondary N) is 1. The molecule has 98 valence electrons. The first-order valence-corrected chi connectivity index (χ1v) is 7.58. The normalized spacial score (nSPS) is 12.8. The Morgan fingerprint density at radius 2 is 2.29 bits per heavy atom. The van der Waals surface area contributed by atoms with Crippen LogP contribution in [0, 0.1) is 0 Å². The van der Waals surface area contributed by atoms with Crippen molar-refractivity contribution in [3.8, 4) is 0 Å². The van der Waals surface area contributed by atoms with Gasteiger partial charge in [0.1, 0.15) is 0 Å². The van der Waals surface area contributed by atoms with Gasteiger partial charge in [0.2, 0.25) is 0 Å². The maximum Gasteiger partial charge on any atom is 0.0619 e. The lowest BCUT2D eigenvalue weighted by atomic mass is 10.1. The van der Waals surface area contributed by atoms with Crippen molar-refractivity contribution in [1.82, 2.24) is 5.32 Å². The number of rotatable bonds is 10. The largest absolute Gasteiger partial charge is 0.380 e. The number of aryl methyl sites for hydroxylation is 1. The molecule has 1 rings (SSSR count). The highest BCUT2D eigenvalue weighted by molar-refractivity contribution is 7.09. The van der Waals surface area contributed by atoms with Gasteiger partial charge in [0.25, 0.3) is 0 Å². The molecule has 2 nitrogen and oxygen atoms in total. The number of ether oxygens (including phenoxy) is 1. The van der Waals surface area contributed by atoms with E-state index in [-0.39, 0.29) is 0 Å². The Bertz CT molecular complexity index is 253. The average Bonchev–Trinajstić information content (AvgIpc) is 2.85. The summed E-state index contributed by atoms with van der Waals surface area (Å²) in [6.07, 6.45) is 4.84. The van der Waals surface area contributed by atoms with Crippen LogP contribution in [0.15, 0.2) is 17.5 Å². The smallest absolute Gasteiger partial charge is 0.0619 e. The Labute approximate surface area is 109 Å². The molecule has 0 aliphatic heterocycles. The number of hydrogen-bond acceptors (Lipinski definition) is 3. The maximum absolute atomic E-state index is 5.52. The quantitative estimate of drug-likeness (QED) is 0.691. The van der Waals surface area contributed by atoms with Gasteiger partial charge in [0.05, 0.1) is 6.61 Å². The highest BCUT2D eigenvalue weighted by Gasteiger charge is 2.07. The highest BCUT2D eigenvalue weighted by Crippen LogP contribution is 2.13. The molecule has 1 atom stereocenters. The second-order valence-electron chi connectivity index (χ2n) is 4.28. The Morgan fingerprint density at radius 1 is 1.41 bits per heavy atom. The van der Waals surface area contributed by atoms with E-state index in [9.17, 15) is 0 Å². The molecule has 0 aliphatic carbocycles. The van der Waals surface area contributed by atoms with Crippen LogP contribution < -0.4 is 5.32 Å². The molecule has 0 aromatic carbocycles. The van der Waals surface area contributed by atoms with Crippen molar-refractivity contribution < 1.29 is 4.74 Å². The predicted molar refractivity (Wildman–Crippen MR) is 75.8 cm³/mol. The SMILES string of the molecule is CCCNC(CCCc1cccs1)COCC. The molecule has 1 aromatic heterocycles. The van der Waals surface area contributed by atoms with Crippen molar-refractivity contribution in [2.24, 2.45) is 0 Å². The van der Waals surface area contributed by atoms with Crippen LogP contribution in [-0.2, 0) is 11.2 Å². The molecular weight excluding hydrogens is 230 g/mol. The van der Waals surface area contributed by atoms with E-state index in [0.29, 0.717) is 6.04 Å². The Morgan fingerprint density at radius 3 is 2.94 bits per heavy atom. The lowest BCUT2D eigenvalue weighted by molar-refractivity contribution is 0.119. The molecule has 1 unspecified atom stereocenters. The third kappa shape index (κ3) is 6.81. The van der Waals surface area contributed by atoms with E-state index >= 15 is 0 Å². The van der Waals surface area contributed by atoms with E-state index in [1.54, 1.807) is 0 Å². The number of hydrogen-bond donors (Lipinski definition) is 1. The summed E-state index contributed by atoms with van der Waals surface area (Å²) in [5, 5.41) is 5.72. The lowest BCUT2D eigenvalue weighted by Gasteiger charge is -2.18. The second-order valence-corrected chi connectivity index (χ2v) is 5.31. The maximum atomic E-state index is 5.52. The van der Waals surface area contributed by atoms with Crippen LogP contribution in [0.4, 0.5) is 0 Å². The van der Waals surface area contributed by atoms with Gasteiger partial charge in [-0.25, -0.2) is 0 Å². The summed E-state index contributed by atoms with van der Waals surface area (Å²) in [7, 11) is 0. The average molecular weight is 255 g/mol. The standard InChI is InChI=1S/C14H25NOS/c1-3-10-15-13(12-16-4-2)7-5-8-14-9-6-11-17-14/h6,9,11,13,15H,3-5,7-8,10,12H2,1-2H3. The summed E-state index contributed by atoms with van der Waals surface area (Å²) in [6, 6.07) is 4.88. The van der Waals surface area contributed by atoms with Crippen molar-refractivity contribution in [2.45, 2.75) is 45.6 Å². The first-order chi connectivity index (χ1) is 8.36. The van der Waals surface area contributed by atoms with Gasteiger partial charge >= 0.3 is 0 Å². The van der Waals surface area contributed by atoms with Crippen LogP contribution >= 0.6 is 11.3 Å². The summed E-state index contributed by atoms with van der Waals surface area (Å²) in [5.74, 6) is 0. The molecule has 0 bridgehead atoms. The van der Waals surface area contributed by atoms with Gasteiger partial charge in [-0.15, -0.1) is 11.3 Å². The molecular formula is C14H25NOS. The van der Waals surface area contributed by atoms with Crippen molar-refractivity contribution in [3.05, 3.63) is 22.4 Å². The van der Waals surface area contributed by atoms with Gasteiger partial charge in [-0.2, -0.15) is 0 Å². The minimum Gasteiger partial charge on any atom is -0.380 e. The fourth-order valence-corrected chi connectivity index (χ4v) is 2.58. The van der Waals surface area contributed by atoms with Gasteiger partial charge in [-0.3, -0.25) is 0 Å². The minimum absolute atomic E-state index is 0.523. The summed E-state index contributed by atoms with van der Waals surface area (Å²) >= 11 is 1.86. The molecule has 0 amide bonds. The highest BCUT2D eigenvalue weighted by atomic mass is 32.1. The van der Waals surface area contributed by atoms with Crippen LogP contribution in [0.2, 0.25) is 0 Å². The molecule has 0 spiro atoms. The topological polar surface area (TPSA) is 21.3 Å². The lowest BCUT2D eigenvalue weighted by Crippen LogP contribution is -2.34. The summed E-state index contributed by atoms with van der Waals surface area (Å²) in [6.45, 7) is 7.02. The van der Waals surface area contributed by atoms with Crippen molar-refractivity contribution in [3.63, 3.8) is 0 Å². The zero-order valence-corrected chi connectivity index (χ0v) is 11.9. The van der Waals surface area contributed by atoms with Gasteiger partial charge in [-0.05, 0) is 50.6 Å². The molecule has 3 heteroatoms. The van der Waals surface area contributed by atoms with Crippen LogP contribution in [0.5, 0.6) is 0 Å². The Balaban J connectivity index is 2.17. The third-order valence-electron chi connectivity index (χ3n) is 2.76. The predicted octanol–water partition coefficient (Wildman–Crippen LogP) is 3.48.